The van der Waals surface area contributed by atoms with Crippen molar-refractivity contribution in [3.8, 4) is 0 Å². The summed E-state index contributed by atoms with van der Waals surface area (Å²) in [5, 5.41) is 0. The number of rotatable bonds is 5. The van der Waals surface area contributed by atoms with Crippen LogP contribution in [0, 0.1) is 0 Å². The van der Waals surface area contributed by atoms with Gasteiger partial charge in [-0.25, -0.2) is 0 Å². The van der Waals surface area contributed by atoms with Crippen LogP contribution in [0.15, 0.2) is 108 Å². The predicted octanol–water partition coefficient (Wildman–Crippen LogP) is 7.02. The van der Waals surface area contributed by atoms with E-state index in [1.54, 1.807) is 0 Å². The maximum absolute atomic E-state index is 4.50. The van der Waals surface area contributed by atoms with E-state index in [9.17, 15) is 0 Å². The van der Waals surface area contributed by atoms with Crippen molar-refractivity contribution in [1.29, 1.82) is 0 Å². The summed E-state index contributed by atoms with van der Waals surface area (Å²) in [4.78, 5) is 4.50. The van der Waals surface area contributed by atoms with Gasteiger partial charge in [0.15, 0.2) is 0 Å². The Labute approximate surface area is 174 Å². The molecule has 3 aromatic carbocycles. The molecule has 28 heavy (non-hydrogen) atoms. The first-order chi connectivity index (χ1) is 13.8. The van der Waals surface area contributed by atoms with Gasteiger partial charge in [0.1, 0.15) is 0 Å². The van der Waals surface area contributed by atoms with Crippen LogP contribution in [0.25, 0.3) is 11.6 Å². The second kappa shape index (κ2) is 8.81. The maximum atomic E-state index is 4.50. The summed E-state index contributed by atoms with van der Waals surface area (Å²) in [6, 6.07) is 33.8. The van der Waals surface area contributed by atoms with Crippen LogP contribution in [0.3, 0.4) is 0 Å². The lowest BCUT2D eigenvalue weighted by Gasteiger charge is -2.10. The molecular weight excluding hydrogens is 406 g/mol. The molecule has 0 unspecified atom stereocenters. The molecule has 1 nitrogen and oxygen atoms in total. The lowest BCUT2D eigenvalue weighted by atomic mass is 9.95. The average Bonchev–Trinajstić information content (AvgIpc) is 2.74. The minimum absolute atomic E-state index is 0.932. The highest BCUT2D eigenvalue weighted by Gasteiger charge is 2.07. The van der Waals surface area contributed by atoms with E-state index in [0.29, 0.717) is 0 Å². The zero-order valence-corrected chi connectivity index (χ0v) is 17.0. The molecule has 0 N–H and O–H groups in total. The van der Waals surface area contributed by atoms with Crippen LogP contribution in [-0.2, 0) is 6.42 Å². The molecule has 1 aromatic heterocycles. The van der Waals surface area contributed by atoms with E-state index in [-0.39, 0.29) is 0 Å². The van der Waals surface area contributed by atoms with Gasteiger partial charge in [0.2, 0.25) is 0 Å². The Hall–Kier alpha value is -2.97. The molecule has 4 rings (SSSR count). The van der Waals surface area contributed by atoms with Gasteiger partial charge in [0.05, 0.1) is 5.69 Å². The van der Waals surface area contributed by atoms with Crippen LogP contribution in [-0.4, -0.2) is 4.98 Å². The molecule has 136 valence electrons. The zero-order valence-electron chi connectivity index (χ0n) is 15.4. The molecule has 0 aliphatic rings. The summed E-state index contributed by atoms with van der Waals surface area (Å²) < 4.78 is 1.03. The predicted molar refractivity (Wildman–Crippen MR) is 121 cm³/mol. The fraction of sp³-hybridized carbons (Fsp3) is 0.0385. The molecular formula is C26H20BrN. The van der Waals surface area contributed by atoms with Crippen molar-refractivity contribution in [3.05, 3.63) is 136 Å². The summed E-state index contributed by atoms with van der Waals surface area (Å²) in [6.45, 7) is 0. The molecule has 0 bridgehead atoms. The Morgan fingerprint density at radius 1 is 0.714 bits per heavy atom. The molecule has 0 aliphatic carbocycles. The number of aromatic nitrogens is 1. The summed E-state index contributed by atoms with van der Waals surface area (Å²) in [5.41, 5.74) is 7.10. The maximum Gasteiger partial charge on any atom is 0.0647 e. The van der Waals surface area contributed by atoms with Crippen LogP contribution in [0.1, 0.15) is 27.9 Å². The van der Waals surface area contributed by atoms with Crippen molar-refractivity contribution in [2.45, 2.75) is 6.42 Å². The fourth-order valence-electron chi connectivity index (χ4n) is 3.23. The third-order valence-electron chi connectivity index (χ3n) is 4.64. The number of hydrogen-bond acceptors (Lipinski definition) is 1. The molecule has 4 aromatic rings. The highest BCUT2D eigenvalue weighted by molar-refractivity contribution is 9.10. The molecule has 0 saturated heterocycles. The second-order valence-electron chi connectivity index (χ2n) is 6.68. The molecule has 0 aliphatic heterocycles. The van der Waals surface area contributed by atoms with E-state index in [1.165, 1.54) is 22.3 Å². The first kappa shape index (κ1) is 18.4. The monoisotopic (exact) mass is 425 g/mol. The van der Waals surface area contributed by atoms with Crippen molar-refractivity contribution >= 4 is 27.6 Å². The Kier molecular flexibility index (Phi) is 5.79. The minimum Gasteiger partial charge on any atom is -0.257 e. The molecule has 1 heterocycles. The van der Waals surface area contributed by atoms with Gasteiger partial charge in [0.25, 0.3) is 0 Å². The van der Waals surface area contributed by atoms with Crippen LogP contribution in [0.4, 0.5) is 0 Å². The lowest BCUT2D eigenvalue weighted by molar-refractivity contribution is 1.19. The Morgan fingerprint density at radius 2 is 1.32 bits per heavy atom. The van der Waals surface area contributed by atoms with Crippen molar-refractivity contribution < 1.29 is 0 Å². The quantitative estimate of drug-likeness (QED) is 0.334. The Morgan fingerprint density at radius 3 is 2.00 bits per heavy atom. The summed E-state index contributed by atoms with van der Waals surface area (Å²) in [6.07, 6.45) is 4.91. The van der Waals surface area contributed by atoms with Gasteiger partial charge in [-0.15, -0.1) is 0 Å². The van der Waals surface area contributed by atoms with Crippen molar-refractivity contribution in [2.24, 2.45) is 0 Å². The standard InChI is InChI=1S/C26H20BrN/c27-24-15-16-28-25(18-24)19-26(22-9-5-2-6-10-22)23-13-11-21(12-14-23)17-20-7-3-1-4-8-20/h1-16,18-19H,17H2. The minimum atomic E-state index is 0.932. The van der Waals surface area contributed by atoms with E-state index in [2.05, 4.69) is 106 Å². The van der Waals surface area contributed by atoms with Gasteiger partial charge in [-0.3, -0.25) is 4.98 Å². The normalized spacial score (nSPS) is 11.4. The molecule has 0 fully saturated rings. The van der Waals surface area contributed by atoms with Crippen LogP contribution < -0.4 is 0 Å². The first-order valence-electron chi connectivity index (χ1n) is 9.30. The van der Waals surface area contributed by atoms with Gasteiger partial charge in [-0.1, -0.05) is 101 Å². The zero-order chi connectivity index (χ0) is 19.2. The number of pyridine rings is 1. The average molecular weight is 426 g/mol. The molecule has 0 spiro atoms. The topological polar surface area (TPSA) is 12.9 Å². The molecule has 2 heteroatoms. The SMILES string of the molecule is Brc1ccnc(C=C(c2ccccc2)c2ccc(Cc3ccccc3)cc2)c1. The summed E-state index contributed by atoms with van der Waals surface area (Å²) in [5.74, 6) is 0. The highest BCUT2D eigenvalue weighted by atomic mass is 79.9. The fourth-order valence-corrected chi connectivity index (χ4v) is 3.59. The molecule has 0 radical (unpaired) electrons. The summed E-state index contributed by atoms with van der Waals surface area (Å²) in [7, 11) is 0. The van der Waals surface area contributed by atoms with Gasteiger partial charge in [-0.2, -0.15) is 0 Å². The third kappa shape index (κ3) is 4.65. The van der Waals surface area contributed by atoms with E-state index in [4.69, 9.17) is 0 Å². The summed E-state index contributed by atoms with van der Waals surface area (Å²) >= 11 is 3.54. The number of nitrogens with zero attached hydrogens (tertiary/aromatic N) is 1. The van der Waals surface area contributed by atoms with Crippen LogP contribution in [0.5, 0.6) is 0 Å². The molecule has 0 saturated carbocycles. The van der Waals surface area contributed by atoms with Crippen LogP contribution >= 0.6 is 15.9 Å². The molecule has 0 atom stereocenters. The largest absolute Gasteiger partial charge is 0.257 e. The van der Waals surface area contributed by atoms with Gasteiger partial charge < -0.3 is 0 Å². The highest BCUT2D eigenvalue weighted by Crippen LogP contribution is 2.27. The Bertz CT molecular complexity index is 1070. The van der Waals surface area contributed by atoms with Crippen LogP contribution in [0.2, 0.25) is 0 Å². The smallest absolute Gasteiger partial charge is 0.0647 e. The van der Waals surface area contributed by atoms with Crippen molar-refractivity contribution in [2.75, 3.05) is 0 Å². The van der Waals surface area contributed by atoms with Gasteiger partial charge >= 0.3 is 0 Å². The first-order valence-corrected chi connectivity index (χ1v) is 10.1. The van der Waals surface area contributed by atoms with E-state index >= 15 is 0 Å². The van der Waals surface area contributed by atoms with Crippen molar-refractivity contribution in [3.63, 3.8) is 0 Å². The number of halogens is 1. The number of hydrogen-bond donors (Lipinski definition) is 0. The number of benzene rings is 3. The Balaban J connectivity index is 1.69. The van der Waals surface area contributed by atoms with Crippen molar-refractivity contribution in [1.82, 2.24) is 4.98 Å². The second-order valence-corrected chi connectivity index (χ2v) is 7.60. The van der Waals surface area contributed by atoms with E-state index < -0.39 is 0 Å². The van der Waals surface area contributed by atoms with E-state index in [0.717, 1.165) is 22.2 Å². The third-order valence-corrected chi connectivity index (χ3v) is 5.13. The lowest BCUT2D eigenvalue weighted by Crippen LogP contribution is -1.92. The van der Waals surface area contributed by atoms with E-state index in [1.807, 2.05) is 24.4 Å². The van der Waals surface area contributed by atoms with Gasteiger partial charge in [-0.05, 0) is 52.5 Å². The molecule has 0 amide bonds. The van der Waals surface area contributed by atoms with Gasteiger partial charge in [0, 0.05) is 10.7 Å².